The minimum Gasteiger partial charge on any atom is -0.487 e. The summed E-state index contributed by atoms with van der Waals surface area (Å²) in [5.74, 6) is 0.148. The first kappa shape index (κ1) is 28.6. The van der Waals surface area contributed by atoms with Crippen LogP contribution in [0.2, 0.25) is 10.0 Å². The third-order valence-corrected chi connectivity index (χ3v) is 6.59. The van der Waals surface area contributed by atoms with E-state index >= 15 is 0 Å². The second kappa shape index (κ2) is 12.6. The molecule has 3 N–H and O–H groups in total. The lowest BCUT2D eigenvalue weighted by Gasteiger charge is -2.21. The number of amides is 4. The number of ether oxygens (including phenoxy) is 1. The summed E-state index contributed by atoms with van der Waals surface area (Å²) in [7, 11) is 1.54. The number of urea groups is 1. The number of carbonyl (C=O) groups excluding carboxylic acids is 3. The molecule has 0 fully saturated rings. The molecule has 4 rings (SSSR count). The van der Waals surface area contributed by atoms with Crippen molar-refractivity contribution in [3.63, 3.8) is 0 Å². The first-order valence-corrected chi connectivity index (χ1v) is 12.9. The van der Waals surface area contributed by atoms with E-state index in [0.717, 1.165) is 16.6 Å². The molecular formula is C28H26Cl2N6O4. The molecule has 0 saturated heterocycles. The summed E-state index contributed by atoms with van der Waals surface area (Å²) in [5.41, 5.74) is 2.88. The number of benzene rings is 2. The molecule has 206 valence electrons. The molecular weight excluding hydrogens is 555 g/mol. The number of fused-ring (bicyclic) bond motifs is 1. The van der Waals surface area contributed by atoms with E-state index in [-0.39, 0.29) is 29.9 Å². The molecule has 40 heavy (non-hydrogen) atoms. The Morgan fingerprint density at radius 3 is 2.60 bits per heavy atom. The molecule has 0 unspecified atom stereocenters. The van der Waals surface area contributed by atoms with Crippen molar-refractivity contribution in [1.29, 1.82) is 0 Å². The fourth-order valence-electron chi connectivity index (χ4n) is 3.80. The van der Waals surface area contributed by atoms with Crippen molar-refractivity contribution in [2.75, 3.05) is 29.1 Å². The summed E-state index contributed by atoms with van der Waals surface area (Å²) in [5, 5.41) is 9.19. The summed E-state index contributed by atoms with van der Waals surface area (Å²) < 4.78 is 6.05. The molecule has 12 heteroatoms. The van der Waals surface area contributed by atoms with Crippen LogP contribution >= 0.6 is 23.2 Å². The van der Waals surface area contributed by atoms with Crippen LogP contribution < -0.4 is 25.6 Å². The summed E-state index contributed by atoms with van der Waals surface area (Å²) in [4.78, 5) is 46.3. The number of pyridine rings is 2. The largest absolute Gasteiger partial charge is 0.487 e. The van der Waals surface area contributed by atoms with Gasteiger partial charge in [-0.3, -0.25) is 9.59 Å². The number of rotatable bonds is 8. The maximum atomic E-state index is 12.9. The highest BCUT2D eigenvalue weighted by atomic mass is 35.5. The SMILES string of the molecule is CC(=O)Nc1cc(NC(=O)NCC(=O)N(C)c2ccc(Cl)c(COc3cccc4ccc(C)nc34)c2Cl)ccn1. The van der Waals surface area contributed by atoms with Crippen molar-refractivity contribution >= 4 is 69.1 Å². The smallest absolute Gasteiger partial charge is 0.319 e. The summed E-state index contributed by atoms with van der Waals surface area (Å²) in [6.45, 7) is 3.00. The van der Waals surface area contributed by atoms with Gasteiger partial charge in [0.2, 0.25) is 11.8 Å². The number of para-hydroxylation sites is 1. The molecule has 0 aliphatic rings. The fourth-order valence-corrected chi connectivity index (χ4v) is 4.41. The Balaban J connectivity index is 1.40. The number of carbonyl (C=O) groups is 3. The quantitative estimate of drug-likeness (QED) is 0.250. The minimum absolute atomic E-state index is 0.0509. The number of hydrogen-bond donors (Lipinski definition) is 3. The predicted octanol–water partition coefficient (Wildman–Crippen LogP) is 5.57. The van der Waals surface area contributed by atoms with E-state index in [4.69, 9.17) is 27.9 Å². The third-order valence-electron chi connectivity index (χ3n) is 5.82. The number of halogens is 2. The van der Waals surface area contributed by atoms with Crippen LogP contribution in [0.5, 0.6) is 5.75 Å². The topological polar surface area (TPSA) is 126 Å². The minimum atomic E-state index is -0.614. The molecule has 10 nitrogen and oxygen atoms in total. The molecule has 2 heterocycles. The Bertz CT molecular complexity index is 1600. The van der Waals surface area contributed by atoms with E-state index in [9.17, 15) is 14.4 Å². The third kappa shape index (κ3) is 6.96. The summed E-state index contributed by atoms with van der Waals surface area (Å²) >= 11 is 13.1. The van der Waals surface area contributed by atoms with Gasteiger partial charge in [-0.25, -0.2) is 14.8 Å². The maximum Gasteiger partial charge on any atom is 0.319 e. The Kier molecular flexibility index (Phi) is 9.03. The molecule has 0 spiro atoms. The Morgan fingerprint density at radius 1 is 1.02 bits per heavy atom. The zero-order chi connectivity index (χ0) is 28.8. The highest BCUT2D eigenvalue weighted by Gasteiger charge is 2.19. The molecule has 0 atom stereocenters. The molecule has 0 aliphatic carbocycles. The molecule has 0 aliphatic heterocycles. The van der Waals surface area contributed by atoms with Crippen LogP contribution in [0.3, 0.4) is 0 Å². The van der Waals surface area contributed by atoms with Crippen molar-refractivity contribution < 1.29 is 19.1 Å². The van der Waals surface area contributed by atoms with Crippen LogP contribution in [-0.4, -0.2) is 41.4 Å². The highest BCUT2D eigenvalue weighted by Crippen LogP contribution is 2.35. The van der Waals surface area contributed by atoms with Crippen LogP contribution in [0.1, 0.15) is 18.2 Å². The van der Waals surface area contributed by atoms with Gasteiger partial charge >= 0.3 is 6.03 Å². The average molecular weight is 581 g/mol. The monoisotopic (exact) mass is 580 g/mol. The van der Waals surface area contributed by atoms with Crippen molar-refractivity contribution in [1.82, 2.24) is 15.3 Å². The zero-order valence-electron chi connectivity index (χ0n) is 21.9. The Labute approximate surface area is 240 Å². The van der Waals surface area contributed by atoms with E-state index in [1.54, 1.807) is 25.2 Å². The number of hydrogen-bond acceptors (Lipinski definition) is 6. The molecule has 4 amide bonds. The second-order valence-corrected chi connectivity index (χ2v) is 9.58. The van der Waals surface area contributed by atoms with Crippen molar-refractivity contribution in [2.45, 2.75) is 20.5 Å². The van der Waals surface area contributed by atoms with E-state index < -0.39 is 11.9 Å². The van der Waals surface area contributed by atoms with Gasteiger partial charge in [-0.05, 0) is 37.3 Å². The maximum absolute atomic E-state index is 12.9. The number of nitrogens with one attached hydrogen (secondary N) is 3. The summed E-state index contributed by atoms with van der Waals surface area (Å²) in [6, 6.07) is 15.2. The lowest BCUT2D eigenvalue weighted by atomic mass is 10.1. The van der Waals surface area contributed by atoms with E-state index in [1.165, 1.54) is 24.1 Å². The zero-order valence-corrected chi connectivity index (χ0v) is 23.4. The van der Waals surface area contributed by atoms with Gasteiger partial charge in [0.05, 0.1) is 17.3 Å². The fraction of sp³-hybridized carbons (Fsp3) is 0.179. The van der Waals surface area contributed by atoms with E-state index in [0.29, 0.717) is 27.7 Å². The van der Waals surface area contributed by atoms with Gasteiger partial charge in [-0.2, -0.15) is 0 Å². The molecule has 0 saturated carbocycles. The number of anilines is 3. The first-order chi connectivity index (χ1) is 19.1. The lowest BCUT2D eigenvalue weighted by Crippen LogP contribution is -2.40. The van der Waals surface area contributed by atoms with Crippen LogP contribution in [0, 0.1) is 6.92 Å². The first-order valence-electron chi connectivity index (χ1n) is 12.1. The van der Waals surface area contributed by atoms with Crippen molar-refractivity contribution in [2.24, 2.45) is 0 Å². The second-order valence-electron chi connectivity index (χ2n) is 8.80. The number of likely N-dealkylation sites (N-methyl/N-ethyl adjacent to an activating group) is 1. The van der Waals surface area contributed by atoms with Crippen LogP contribution in [0.25, 0.3) is 10.9 Å². The van der Waals surface area contributed by atoms with Crippen LogP contribution in [0.15, 0.2) is 60.8 Å². The molecule has 4 aromatic rings. The molecule has 0 radical (unpaired) electrons. The van der Waals surface area contributed by atoms with Gasteiger partial charge in [-0.1, -0.05) is 41.4 Å². The highest BCUT2D eigenvalue weighted by molar-refractivity contribution is 6.38. The van der Waals surface area contributed by atoms with Gasteiger partial charge in [0.1, 0.15) is 23.7 Å². The predicted molar refractivity (Wildman–Crippen MR) is 156 cm³/mol. The molecule has 2 aromatic carbocycles. The van der Waals surface area contributed by atoms with Crippen LogP contribution in [-0.2, 0) is 16.2 Å². The van der Waals surface area contributed by atoms with Gasteiger partial charge in [0.15, 0.2) is 0 Å². The standard InChI is InChI=1S/C28H26Cl2N6O4/c1-16-7-8-18-5-4-6-23(27(18)33-16)40-15-20-21(29)9-10-22(26(20)30)36(3)25(38)14-32-28(39)35-19-11-12-31-24(13-19)34-17(2)37/h4-13H,14-15H2,1-3H3,(H3,31,32,34,35,37,39). The van der Waals surface area contributed by atoms with E-state index in [1.807, 2.05) is 37.3 Å². The number of nitrogens with zero attached hydrogens (tertiary/aromatic N) is 3. The van der Waals surface area contributed by atoms with Crippen molar-refractivity contribution in [3.05, 3.63) is 82.1 Å². The average Bonchev–Trinajstić information content (AvgIpc) is 2.91. The molecule has 2 aromatic heterocycles. The number of aryl methyl sites for hydroxylation is 1. The van der Waals surface area contributed by atoms with Crippen molar-refractivity contribution in [3.8, 4) is 5.75 Å². The van der Waals surface area contributed by atoms with Gasteiger partial charge in [0, 0.05) is 53.6 Å². The van der Waals surface area contributed by atoms with Crippen LogP contribution in [0.4, 0.5) is 22.0 Å². The Hall–Kier alpha value is -4.41. The lowest BCUT2D eigenvalue weighted by molar-refractivity contribution is -0.117. The molecule has 0 bridgehead atoms. The normalized spacial score (nSPS) is 10.6. The van der Waals surface area contributed by atoms with E-state index in [2.05, 4.69) is 25.9 Å². The van der Waals surface area contributed by atoms with Gasteiger partial charge < -0.3 is 25.6 Å². The summed E-state index contributed by atoms with van der Waals surface area (Å²) in [6.07, 6.45) is 1.43. The number of aromatic nitrogens is 2. The Morgan fingerprint density at radius 2 is 1.82 bits per heavy atom. The van der Waals surface area contributed by atoms with Gasteiger partial charge in [0.25, 0.3) is 0 Å². The van der Waals surface area contributed by atoms with Gasteiger partial charge in [-0.15, -0.1) is 0 Å².